The fourth-order valence-electron chi connectivity index (χ4n) is 3.18. The van der Waals surface area contributed by atoms with Crippen LogP contribution in [0.2, 0.25) is 0 Å². The lowest BCUT2D eigenvalue weighted by Gasteiger charge is -2.28. The minimum Gasteiger partial charge on any atom is -0.508 e. The SMILES string of the molecule is CC(C)C(NC(=O)C(NC(=O)C(Cc1ccc(O)cc1)NC(=O)C(N)CC(=O)O)C(C)C)C(=O)O. The van der Waals surface area contributed by atoms with Gasteiger partial charge in [0, 0.05) is 6.42 Å². The van der Waals surface area contributed by atoms with Gasteiger partial charge in [0.05, 0.1) is 12.5 Å². The lowest BCUT2D eigenvalue weighted by Crippen LogP contribution is -2.59. The standard InChI is InChI=1S/C23H34N4O8/c1-11(2)18(22(33)27-19(12(3)4)23(34)35)26-21(32)16(9-13-5-7-14(28)8-6-13)25-20(31)15(24)10-17(29)30/h5-8,11-12,15-16,18-19,28H,9-10,24H2,1-4H3,(H,25,31)(H,26,32)(H,27,33)(H,29,30)(H,34,35). The number of carbonyl (C=O) groups is 5. The Hall–Kier alpha value is -3.67. The molecule has 0 heterocycles. The van der Waals surface area contributed by atoms with Crippen LogP contribution in [0.1, 0.15) is 39.7 Å². The number of nitrogens with two attached hydrogens (primary N) is 1. The molecule has 0 aliphatic heterocycles. The molecule has 12 heteroatoms. The summed E-state index contributed by atoms with van der Waals surface area (Å²) in [7, 11) is 0. The predicted molar refractivity (Wildman–Crippen MR) is 125 cm³/mol. The van der Waals surface area contributed by atoms with Crippen molar-refractivity contribution in [3.8, 4) is 5.75 Å². The first-order valence-corrected chi connectivity index (χ1v) is 11.1. The molecule has 0 aromatic heterocycles. The third kappa shape index (κ3) is 9.61. The van der Waals surface area contributed by atoms with Crippen molar-refractivity contribution in [2.45, 2.75) is 64.7 Å². The second-order valence-electron chi connectivity index (χ2n) is 8.93. The number of phenolic OH excluding ortho intramolecular Hbond substituents is 1. The molecule has 12 nitrogen and oxygen atoms in total. The minimum atomic E-state index is -1.41. The third-order valence-electron chi connectivity index (χ3n) is 5.22. The van der Waals surface area contributed by atoms with Crippen molar-refractivity contribution in [1.82, 2.24) is 16.0 Å². The van der Waals surface area contributed by atoms with E-state index in [4.69, 9.17) is 10.8 Å². The van der Waals surface area contributed by atoms with E-state index in [1.54, 1.807) is 27.7 Å². The number of nitrogens with one attached hydrogen (secondary N) is 3. The van der Waals surface area contributed by atoms with Crippen LogP contribution in [0.25, 0.3) is 0 Å². The van der Waals surface area contributed by atoms with E-state index in [2.05, 4.69) is 16.0 Å². The maximum Gasteiger partial charge on any atom is 0.326 e. The lowest BCUT2D eigenvalue weighted by molar-refractivity contribution is -0.143. The Bertz CT molecular complexity index is 917. The monoisotopic (exact) mass is 494 g/mol. The number of rotatable bonds is 13. The fraction of sp³-hybridized carbons (Fsp3) is 0.522. The number of hydrogen-bond donors (Lipinski definition) is 7. The van der Waals surface area contributed by atoms with Gasteiger partial charge >= 0.3 is 11.9 Å². The zero-order valence-corrected chi connectivity index (χ0v) is 20.1. The number of phenols is 1. The molecule has 4 atom stereocenters. The molecule has 3 amide bonds. The number of carboxylic acid groups (broad SMARTS) is 2. The number of carbonyl (C=O) groups excluding carboxylic acids is 3. The van der Waals surface area contributed by atoms with Crippen LogP contribution in [0, 0.1) is 11.8 Å². The van der Waals surface area contributed by atoms with E-state index in [1.165, 1.54) is 24.3 Å². The summed E-state index contributed by atoms with van der Waals surface area (Å²) in [6.07, 6.45) is -0.698. The van der Waals surface area contributed by atoms with Gasteiger partial charge in [-0.1, -0.05) is 39.8 Å². The summed E-state index contributed by atoms with van der Waals surface area (Å²) in [6, 6.07) is 0.930. The van der Waals surface area contributed by atoms with E-state index in [0.29, 0.717) is 5.56 Å². The van der Waals surface area contributed by atoms with Crippen molar-refractivity contribution < 1.29 is 39.3 Å². The highest BCUT2D eigenvalue weighted by atomic mass is 16.4. The van der Waals surface area contributed by atoms with Crippen molar-refractivity contribution in [2.24, 2.45) is 17.6 Å². The third-order valence-corrected chi connectivity index (χ3v) is 5.22. The molecule has 194 valence electrons. The molecule has 1 aromatic carbocycles. The Labute approximate surface area is 203 Å². The number of aromatic hydroxyl groups is 1. The van der Waals surface area contributed by atoms with E-state index >= 15 is 0 Å². The van der Waals surface area contributed by atoms with Gasteiger partial charge in [-0.3, -0.25) is 19.2 Å². The fourth-order valence-corrected chi connectivity index (χ4v) is 3.18. The van der Waals surface area contributed by atoms with Crippen LogP contribution in [-0.4, -0.2) is 69.1 Å². The maximum absolute atomic E-state index is 13.1. The molecule has 0 fully saturated rings. The number of hydrogen-bond acceptors (Lipinski definition) is 7. The van der Waals surface area contributed by atoms with Crippen LogP contribution in [-0.2, 0) is 30.4 Å². The van der Waals surface area contributed by atoms with Gasteiger partial charge in [-0.05, 0) is 29.5 Å². The summed E-state index contributed by atoms with van der Waals surface area (Å²) in [4.78, 5) is 60.7. The molecular weight excluding hydrogens is 460 g/mol. The van der Waals surface area contributed by atoms with Gasteiger partial charge < -0.3 is 37.0 Å². The lowest BCUT2D eigenvalue weighted by atomic mass is 9.99. The quantitative estimate of drug-likeness (QED) is 0.190. The first-order valence-electron chi connectivity index (χ1n) is 11.1. The highest BCUT2D eigenvalue weighted by Gasteiger charge is 2.33. The van der Waals surface area contributed by atoms with Crippen molar-refractivity contribution in [3.05, 3.63) is 29.8 Å². The van der Waals surface area contributed by atoms with Gasteiger partial charge in [0.1, 0.15) is 23.9 Å². The summed E-state index contributed by atoms with van der Waals surface area (Å²) in [6.45, 7) is 6.58. The second kappa shape index (κ2) is 13.3. The molecule has 4 unspecified atom stereocenters. The second-order valence-corrected chi connectivity index (χ2v) is 8.93. The van der Waals surface area contributed by atoms with Crippen LogP contribution in [0.3, 0.4) is 0 Å². The highest BCUT2D eigenvalue weighted by molar-refractivity contribution is 5.95. The Morgan fingerprint density at radius 3 is 1.77 bits per heavy atom. The number of carboxylic acids is 2. The summed E-state index contributed by atoms with van der Waals surface area (Å²) in [5.74, 6) is -5.67. The predicted octanol–water partition coefficient (Wildman–Crippen LogP) is -0.412. The van der Waals surface area contributed by atoms with Crippen molar-refractivity contribution in [2.75, 3.05) is 0 Å². The van der Waals surface area contributed by atoms with Crippen molar-refractivity contribution in [3.63, 3.8) is 0 Å². The molecule has 35 heavy (non-hydrogen) atoms. The average Bonchev–Trinajstić information content (AvgIpc) is 2.75. The molecule has 0 radical (unpaired) electrons. The van der Waals surface area contributed by atoms with Crippen LogP contribution < -0.4 is 21.7 Å². The molecular formula is C23H34N4O8. The molecule has 0 aliphatic rings. The van der Waals surface area contributed by atoms with Gasteiger partial charge in [0.25, 0.3) is 0 Å². The molecule has 0 aliphatic carbocycles. The first-order chi connectivity index (χ1) is 16.2. The van der Waals surface area contributed by atoms with E-state index < -0.39 is 72.1 Å². The van der Waals surface area contributed by atoms with Crippen LogP contribution in [0.4, 0.5) is 0 Å². The summed E-state index contributed by atoms with van der Waals surface area (Å²) in [5, 5.41) is 35.1. The minimum absolute atomic E-state index is 0.00283. The Balaban J connectivity index is 3.12. The zero-order valence-electron chi connectivity index (χ0n) is 20.1. The molecule has 0 bridgehead atoms. The normalized spacial score (nSPS) is 14.5. The van der Waals surface area contributed by atoms with Crippen LogP contribution >= 0.6 is 0 Å². The Morgan fingerprint density at radius 2 is 1.31 bits per heavy atom. The van der Waals surface area contributed by atoms with Gasteiger partial charge in [-0.25, -0.2) is 4.79 Å². The van der Waals surface area contributed by atoms with Gasteiger partial charge in [-0.15, -0.1) is 0 Å². The number of amides is 3. The van der Waals surface area contributed by atoms with Gasteiger partial charge in [-0.2, -0.15) is 0 Å². The highest BCUT2D eigenvalue weighted by Crippen LogP contribution is 2.13. The smallest absolute Gasteiger partial charge is 0.326 e. The Morgan fingerprint density at radius 1 is 0.800 bits per heavy atom. The summed E-state index contributed by atoms with van der Waals surface area (Å²) in [5.41, 5.74) is 6.17. The van der Waals surface area contributed by atoms with Crippen molar-refractivity contribution >= 4 is 29.7 Å². The summed E-state index contributed by atoms with van der Waals surface area (Å²) >= 11 is 0. The number of benzene rings is 1. The molecule has 8 N–H and O–H groups in total. The van der Waals surface area contributed by atoms with E-state index in [-0.39, 0.29) is 12.2 Å². The van der Waals surface area contributed by atoms with E-state index in [1.807, 2.05) is 0 Å². The van der Waals surface area contributed by atoms with E-state index in [9.17, 15) is 34.2 Å². The molecule has 0 saturated heterocycles. The number of aliphatic carboxylic acids is 2. The first kappa shape index (κ1) is 29.4. The van der Waals surface area contributed by atoms with Gasteiger partial charge in [0.15, 0.2) is 0 Å². The van der Waals surface area contributed by atoms with Crippen LogP contribution in [0.15, 0.2) is 24.3 Å². The Kier molecular flexibility index (Phi) is 11.1. The zero-order chi connectivity index (χ0) is 26.9. The van der Waals surface area contributed by atoms with Gasteiger partial charge in [0.2, 0.25) is 17.7 Å². The largest absolute Gasteiger partial charge is 0.508 e. The van der Waals surface area contributed by atoms with Crippen molar-refractivity contribution in [1.29, 1.82) is 0 Å². The topological polar surface area (TPSA) is 208 Å². The average molecular weight is 495 g/mol. The molecule has 0 saturated carbocycles. The molecule has 0 spiro atoms. The van der Waals surface area contributed by atoms with E-state index in [0.717, 1.165) is 0 Å². The maximum atomic E-state index is 13.1. The summed E-state index contributed by atoms with van der Waals surface area (Å²) < 4.78 is 0. The molecule has 1 rings (SSSR count). The van der Waals surface area contributed by atoms with Crippen LogP contribution in [0.5, 0.6) is 5.75 Å². The molecule has 1 aromatic rings.